The van der Waals surface area contributed by atoms with Crippen LogP contribution in [0.4, 0.5) is 0 Å². The average Bonchev–Trinajstić information content (AvgIpc) is 2.65. The van der Waals surface area contributed by atoms with E-state index in [1.54, 1.807) is 0 Å². The van der Waals surface area contributed by atoms with Gasteiger partial charge in [-0.25, -0.2) is 8.42 Å². The Labute approximate surface area is 224 Å². The van der Waals surface area contributed by atoms with Gasteiger partial charge in [-0.05, 0) is 19.3 Å². The molecule has 0 aromatic carbocycles. The molecule has 0 saturated heterocycles. The minimum atomic E-state index is -4.16. The average molecular weight is 459 g/mol. The molecule has 1 atom stereocenters. The second kappa shape index (κ2) is 24.2. The monoisotopic (exact) mass is 458 g/mol. The van der Waals surface area contributed by atoms with E-state index in [0.717, 1.165) is 64.2 Å². The molecule has 0 fully saturated rings. The third kappa shape index (κ3) is 24.0. The predicted molar refractivity (Wildman–Crippen MR) is 119 cm³/mol. The van der Waals surface area contributed by atoms with Crippen molar-refractivity contribution in [1.29, 1.82) is 0 Å². The van der Waals surface area contributed by atoms with Crippen LogP contribution >= 0.6 is 0 Å². The van der Waals surface area contributed by atoms with Crippen LogP contribution < -0.4 is 51.4 Å². The molecule has 4 nitrogen and oxygen atoms in total. The first kappa shape index (κ1) is 32.7. The fraction of sp³-hybridized carbons (Fsp3) is 1.00. The minimum absolute atomic E-state index is 0. The molecule has 0 bridgehead atoms. The summed E-state index contributed by atoms with van der Waals surface area (Å²) < 4.78 is 34.5. The van der Waals surface area contributed by atoms with Gasteiger partial charge >= 0.3 is 51.4 Å². The molecule has 29 heavy (non-hydrogen) atoms. The second-order valence-electron chi connectivity index (χ2n) is 8.43. The van der Waals surface area contributed by atoms with Gasteiger partial charge in [-0.15, -0.1) is 0 Å². The van der Waals surface area contributed by atoms with E-state index in [9.17, 15) is 13.0 Å². The van der Waals surface area contributed by atoms with Gasteiger partial charge in [0.2, 0.25) is 0 Å². The van der Waals surface area contributed by atoms with Gasteiger partial charge in [0.1, 0.15) is 0 Å². The number of aliphatic hydroxyl groups is 1. The maximum atomic E-state index is 11.5. The largest absolute Gasteiger partial charge is 1.00 e. The molecule has 0 radical (unpaired) electrons. The Morgan fingerprint density at radius 1 is 0.621 bits per heavy atom. The Balaban J connectivity index is 0. The molecule has 0 rings (SSSR count). The van der Waals surface area contributed by atoms with Crippen molar-refractivity contribution in [2.75, 3.05) is 6.61 Å². The molecule has 0 saturated carbocycles. The van der Waals surface area contributed by atoms with Crippen molar-refractivity contribution in [3.05, 3.63) is 0 Å². The number of rotatable bonds is 22. The van der Waals surface area contributed by atoms with Crippen molar-refractivity contribution in [2.24, 2.45) is 0 Å². The Morgan fingerprint density at radius 3 is 1.24 bits per heavy atom. The summed E-state index contributed by atoms with van der Waals surface area (Å²) in [6, 6.07) is 0. The predicted octanol–water partition coefficient (Wildman–Crippen LogP) is 3.72. The van der Waals surface area contributed by atoms with Gasteiger partial charge in [-0.3, -0.25) is 0 Å². The molecule has 0 amide bonds. The number of hydrogen-bond donors (Lipinski definition) is 1. The van der Waals surface area contributed by atoms with Crippen LogP contribution in [0.25, 0.3) is 0 Å². The molecule has 0 aromatic heterocycles. The quantitative estimate of drug-likeness (QED) is 0.152. The zero-order valence-electron chi connectivity index (χ0n) is 19.5. The Morgan fingerprint density at radius 2 is 0.931 bits per heavy atom. The summed E-state index contributed by atoms with van der Waals surface area (Å²) in [6.07, 6.45) is 21.8. The summed E-state index contributed by atoms with van der Waals surface area (Å²) in [5, 5.41) is 8.06. The van der Waals surface area contributed by atoms with Crippen molar-refractivity contribution in [2.45, 2.75) is 141 Å². The first-order valence-corrected chi connectivity index (χ1v) is 13.5. The summed E-state index contributed by atoms with van der Waals surface area (Å²) in [4.78, 5) is 0. The van der Waals surface area contributed by atoms with Crippen molar-refractivity contribution in [3.63, 3.8) is 0 Å². The smallest absolute Gasteiger partial charge is 0.748 e. The zero-order chi connectivity index (χ0) is 20.9. The van der Waals surface area contributed by atoms with Crippen LogP contribution in [-0.4, -0.2) is 29.9 Å². The van der Waals surface area contributed by atoms with Gasteiger partial charge in [-0.2, -0.15) is 0 Å². The molecule has 6 heteroatoms. The van der Waals surface area contributed by atoms with E-state index < -0.39 is 15.4 Å². The normalized spacial score (nSPS) is 12.7. The topological polar surface area (TPSA) is 77.4 Å². The zero-order valence-corrected chi connectivity index (χ0v) is 23.4. The second-order valence-corrected chi connectivity index (χ2v) is 10.1. The maximum absolute atomic E-state index is 11.5. The van der Waals surface area contributed by atoms with Crippen LogP contribution in [0.15, 0.2) is 0 Å². The van der Waals surface area contributed by atoms with Crippen molar-refractivity contribution >= 4 is 10.1 Å². The molecule has 0 aliphatic heterocycles. The summed E-state index contributed by atoms with van der Waals surface area (Å²) in [5.74, 6) is 0. The SMILES string of the molecule is CCCCCCCCCCCCCC(CCCCCCCCCO)S(=O)(=O)[O-].[K+]. The van der Waals surface area contributed by atoms with Crippen molar-refractivity contribution in [3.8, 4) is 0 Å². The van der Waals surface area contributed by atoms with Crippen LogP contribution in [0.1, 0.15) is 135 Å². The maximum Gasteiger partial charge on any atom is 1.00 e. The van der Waals surface area contributed by atoms with E-state index >= 15 is 0 Å². The molecule has 1 unspecified atom stereocenters. The molecule has 1 N–H and O–H groups in total. The Hall–Kier alpha value is 1.51. The van der Waals surface area contributed by atoms with E-state index in [2.05, 4.69) is 6.92 Å². The minimum Gasteiger partial charge on any atom is -0.748 e. The molecular weight excluding hydrogens is 411 g/mol. The van der Waals surface area contributed by atoms with E-state index in [0.29, 0.717) is 12.8 Å². The summed E-state index contributed by atoms with van der Waals surface area (Å²) in [5.41, 5.74) is 0. The van der Waals surface area contributed by atoms with Gasteiger partial charge in [0.25, 0.3) is 0 Å². The Bertz CT molecular complexity index is 415. The van der Waals surface area contributed by atoms with Gasteiger partial charge in [0, 0.05) is 11.9 Å². The van der Waals surface area contributed by atoms with Crippen LogP contribution in [0, 0.1) is 0 Å². The van der Waals surface area contributed by atoms with Crippen LogP contribution in [-0.2, 0) is 10.1 Å². The van der Waals surface area contributed by atoms with E-state index in [4.69, 9.17) is 5.11 Å². The fourth-order valence-corrected chi connectivity index (χ4v) is 4.75. The van der Waals surface area contributed by atoms with Crippen molar-refractivity contribution in [1.82, 2.24) is 0 Å². The number of hydrogen-bond acceptors (Lipinski definition) is 4. The Kier molecular flexibility index (Phi) is 27.2. The van der Waals surface area contributed by atoms with Gasteiger partial charge in [-0.1, -0.05) is 116 Å². The first-order chi connectivity index (χ1) is 13.5. The molecule has 170 valence electrons. The third-order valence-electron chi connectivity index (χ3n) is 5.72. The molecule has 0 aliphatic rings. The van der Waals surface area contributed by atoms with E-state index in [-0.39, 0.29) is 58.0 Å². The van der Waals surface area contributed by atoms with Gasteiger partial charge < -0.3 is 9.66 Å². The van der Waals surface area contributed by atoms with Crippen LogP contribution in [0.2, 0.25) is 0 Å². The molecule has 0 aromatic rings. The summed E-state index contributed by atoms with van der Waals surface area (Å²) in [7, 11) is -4.16. The van der Waals surface area contributed by atoms with E-state index in [1.165, 1.54) is 51.4 Å². The van der Waals surface area contributed by atoms with E-state index in [1.807, 2.05) is 0 Å². The molecule has 0 aliphatic carbocycles. The van der Waals surface area contributed by atoms with Gasteiger partial charge in [0.15, 0.2) is 0 Å². The standard InChI is InChI=1S/C23H48O4S.K/c1-2-3-4-5-6-7-8-9-11-14-17-20-23(28(25,26)27)21-18-15-12-10-13-16-19-22-24;/h23-24H,2-22H2,1H3,(H,25,26,27);/q;+1/p-1. The fourth-order valence-electron chi connectivity index (χ4n) is 3.84. The number of unbranched alkanes of at least 4 members (excludes halogenated alkanes) is 16. The van der Waals surface area contributed by atoms with Crippen LogP contribution in [0.5, 0.6) is 0 Å². The summed E-state index contributed by atoms with van der Waals surface area (Å²) >= 11 is 0. The molecular formula is C23H47KO4S. The van der Waals surface area contributed by atoms with Crippen LogP contribution in [0.3, 0.4) is 0 Å². The van der Waals surface area contributed by atoms with Gasteiger partial charge in [0.05, 0.1) is 10.1 Å². The number of aliphatic hydroxyl groups excluding tert-OH is 1. The van der Waals surface area contributed by atoms with Crippen molar-refractivity contribution < 1.29 is 69.5 Å². The third-order valence-corrected chi connectivity index (χ3v) is 7.01. The summed E-state index contributed by atoms with van der Waals surface area (Å²) in [6.45, 7) is 2.51. The molecule has 0 spiro atoms. The molecule has 0 heterocycles. The first-order valence-electron chi connectivity index (χ1n) is 12.1.